The molecule has 11 nitrogen and oxygen atoms in total. The number of nitrogens with one attached hydrogen (secondary N) is 1. The number of benzene rings is 2. The summed E-state index contributed by atoms with van der Waals surface area (Å²) < 4.78 is 40.2. The van der Waals surface area contributed by atoms with Crippen molar-refractivity contribution in [2.24, 2.45) is 0 Å². The SMILES string of the molecule is Cc1ccc(S(=O)(=O)C2CCOCC2)cc1-c1cc2cnc(Nc3ccc(OC4CCN(C)C4)cc3)nc2n(CCN(C)C)c1=O. The minimum atomic E-state index is -3.58. The highest BCUT2D eigenvalue weighted by molar-refractivity contribution is 7.92. The van der Waals surface area contributed by atoms with E-state index < -0.39 is 15.1 Å². The number of hydrogen-bond acceptors (Lipinski definition) is 10. The molecule has 2 fully saturated rings. The Hall–Kier alpha value is -3.84. The van der Waals surface area contributed by atoms with Gasteiger partial charge >= 0.3 is 0 Å². The second-order valence-electron chi connectivity index (χ2n) is 12.6. The minimum Gasteiger partial charge on any atom is -0.489 e. The number of rotatable bonds is 10. The zero-order chi connectivity index (χ0) is 32.4. The van der Waals surface area contributed by atoms with Gasteiger partial charge in [-0.3, -0.25) is 9.36 Å². The van der Waals surface area contributed by atoms with Crippen molar-refractivity contribution in [2.75, 3.05) is 59.3 Å². The fraction of sp³-hybridized carbons (Fsp3) is 0.441. The van der Waals surface area contributed by atoms with E-state index in [1.165, 1.54) is 0 Å². The quantitative estimate of drug-likeness (QED) is 0.270. The number of likely N-dealkylation sites (tertiary alicyclic amines) is 1. The van der Waals surface area contributed by atoms with Crippen molar-refractivity contribution in [1.29, 1.82) is 0 Å². The standard InChI is InChI=1S/C34H42N6O5S/c1-23-5-10-29(46(42,43)28-12-17-44-18-13-28)20-30(23)31-19-24-21-35-34(37-32(24)40(33(31)41)16-15-38(2)3)36-25-6-8-26(9-7-25)45-27-11-14-39(4)22-27/h5-10,19-21,27-28H,11-18,22H2,1-4H3,(H,35,36,37). The maximum Gasteiger partial charge on any atom is 0.260 e. The summed E-state index contributed by atoms with van der Waals surface area (Å²) in [5, 5.41) is 3.44. The van der Waals surface area contributed by atoms with Gasteiger partial charge in [-0.2, -0.15) is 4.98 Å². The lowest BCUT2D eigenvalue weighted by atomic mass is 10.0. The summed E-state index contributed by atoms with van der Waals surface area (Å²) in [5.74, 6) is 1.18. The Morgan fingerprint density at radius 2 is 1.80 bits per heavy atom. The molecule has 1 unspecified atom stereocenters. The zero-order valence-electron chi connectivity index (χ0n) is 26.9. The van der Waals surface area contributed by atoms with Crippen molar-refractivity contribution in [3.63, 3.8) is 0 Å². The highest BCUT2D eigenvalue weighted by atomic mass is 32.2. The summed E-state index contributed by atoms with van der Waals surface area (Å²) in [6.45, 7) is 5.71. The van der Waals surface area contributed by atoms with Crippen LogP contribution in [0.3, 0.4) is 0 Å². The number of ether oxygens (including phenoxy) is 2. The maximum absolute atomic E-state index is 14.2. The number of fused-ring (bicyclic) bond motifs is 1. The summed E-state index contributed by atoms with van der Waals surface area (Å²) in [6.07, 6.45) is 3.83. The second-order valence-corrected chi connectivity index (χ2v) is 14.8. The lowest BCUT2D eigenvalue weighted by Crippen LogP contribution is -2.29. The van der Waals surface area contributed by atoms with Crippen LogP contribution >= 0.6 is 0 Å². The molecule has 4 heterocycles. The molecule has 2 aromatic carbocycles. The number of nitrogens with zero attached hydrogens (tertiary/aromatic N) is 5. The molecule has 2 aliphatic heterocycles. The minimum absolute atomic E-state index is 0.194. The predicted octanol–water partition coefficient (Wildman–Crippen LogP) is 4.11. The molecule has 1 atom stereocenters. The zero-order valence-corrected chi connectivity index (χ0v) is 27.7. The Morgan fingerprint density at radius 1 is 1.04 bits per heavy atom. The van der Waals surface area contributed by atoms with E-state index in [4.69, 9.17) is 14.5 Å². The molecule has 2 aliphatic rings. The Kier molecular flexibility index (Phi) is 9.42. The van der Waals surface area contributed by atoms with E-state index in [9.17, 15) is 13.2 Å². The van der Waals surface area contributed by atoms with E-state index in [0.29, 0.717) is 67.3 Å². The van der Waals surface area contributed by atoms with Crippen LogP contribution in [-0.2, 0) is 21.1 Å². The average molecular weight is 647 g/mol. The topological polar surface area (TPSA) is 119 Å². The number of likely N-dealkylation sites (N-methyl/N-ethyl adjacent to an activating group) is 2. The molecule has 1 N–H and O–H groups in total. The van der Waals surface area contributed by atoms with Crippen LogP contribution in [0.4, 0.5) is 11.6 Å². The fourth-order valence-electron chi connectivity index (χ4n) is 6.10. The molecule has 2 aromatic heterocycles. The number of pyridine rings is 1. The molecule has 6 rings (SSSR count). The molecule has 0 saturated carbocycles. The maximum atomic E-state index is 14.2. The third-order valence-electron chi connectivity index (χ3n) is 8.79. The largest absolute Gasteiger partial charge is 0.489 e. The first-order chi connectivity index (χ1) is 22.1. The van der Waals surface area contributed by atoms with Crippen LogP contribution in [0.15, 0.2) is 64.4 Å². The molecule has 4 aromatic rings. The molecule has 0 bridgehead atoms. The van der Waals surface area contributed by atoms with Gasteiger partial charge in [0, 0.05) is 62.2 Å². The van der Waals surface area contributed by atoms with Gasteiger partial charge in [-0.15, -0.1) is 0 Å². The first kappa shape index (κ1) is 32.1. The van der Waals surface area contributed by atoms with E-state index >= 15 is 0 Å². The van der Waals surface area contributed by atoms with E-state index in [2.05, 4.69) is 22.2 Å². The van der Waals surface area contributed by atoms with Crippen LogP contribution < -0.4 is 15.6 Å². The monoisotopic (exact) mass is 646 g/mol. The third kappa shape index (κ3) is 6.95. The molecule has 0 spiro atoms. The summed E-state index contributed by atoms with van der Waals surface area (Å²) >= 11 is 0. The molecular formula is C34H42N6O5S. The molecule has 12 heteroatoms. The van der Waals surface area contributed by atoms with Crippen molar-refractivity contribution >= 4 is 32.5 Å². The Labute approximate surface area is 270 Å². The van der Waals surface area contributed by atoms with Crippen LogP contribution in [0.1, 0.15) is 24.8 Å². The van der Waals surface area contributed by atoms with Crippen molar-refractivity contribution in [1.82, 2.24) is 24.3 Å². The molecule has 2 saturated heterocycles. The third-order valence-corrected chi connectivity index (χ3v) is 11.1. The van der Waals surface area contributed by atoms with Crippen molar-refractivity contribution in [3.8, 4) is 16.9 Å². The van der Waals surface area contributed by atoms with Crippen molar-refractivity contribution in [3.05, 3.63) is 70.6 Å². The highest BCUT2D eigenvalue weighted by Gasteiger charge is 2.30. The normalized spacial score (nSPS) is 18.0. The Bertz CT molecular complexity index is 1870. The first-order valence-corrected chi connectivity index (χ1v) is 17.3. The van der Waals surface area contributed by atoms with Crippen LogP contribution in [0.5, 0.6) is 5.75 Å². The average Bonchev–Trinajstić information content (AvgIpc) is 3.46. The highest BCUT2D eigenvalue weighted by Crippen LogP contribution is 2.30. The molecule has 244 valence electrons. The van der Waals surface area contributed by atoms with Crippen LogP contribution in [0.25, 0.3) is 22.2 Å². The smallest absolute Gasteiger partial charge is 0.260 e. The number of anilines is 2. The van der Waals surface area contributed by atoms with Gasteiger partial charge in [0.2, 0.25) is 5.95 Å². The van der Waals surface area contributed by atoms with Gasteiger partial charge in [-0.05, 0) is 101 Å². The van der Waals surface area contributed by atoms with Crippen LogP contribution in [0.2, 0.25) is 0 Å². The number of aromatic nitrogens is 3. The summed E-state index contributed by atoms with van der Waals surface area (Å²) in [4.78, 5) is 28.0. The molecule has 0 amide bonds. The molecule has 0 radical (unpaired) electrons. The van der Waals surface area contributed by atoms with E-state index in [1.807, 2.05) is 50.2 Å². The van der Waals surface area contributed by atoms with Crippen molar-refractivity contribution < 1.29 is 17.9 Å². The fourth-order valence-corrected chi connectivity index (χ4v) is 7.83. The van der Waals surface area contributed by atoms with E-state index in [0.717, 1.165) is 36.5 Å². The van der Waals surface area contributed by atoms with Gasteiger partial charge in [0.15, 0.2) is 9.84 Å². The van der Waals surface area contributed by atoms with E-state index in [-0.39, 0.29) is 16.6 Å². The van der Waals surface area contributed by atoms with Gasteiger partial charge in [0.1, 0.15) is 17.5 Å². The van der Waals surface area contributed by atoms with Crippen LogP contribution in [0, 0.1) is 6.92 Å². The summed E-state index contributed by atoms with van der Waals surface area (Å²) in [5.41, 5.74) is 2.89. The van der Waals surface area contributed by atoms with Gasteiger partial charge in [0.05, 0.1) is 10.1 Å². The van der Waals surface area contributed by atoms with Gasteiger partial charge in [-0.25, -0.2) is 13.4 Å². The predicted molar refractivity (Wildman–Crippen MR) is 180 cm³/mol. The molecule has 46 heavy (non-hydrogen) atoms. The van der Waals surface area contributed by atoms with Gasteiger partial charge in [-0.1, -0.05) is 6.07 Å². The Balaban J connectivity index is 1.33. The first-order valence-electron chi connectivity index (χ1n) is 15.8. The Morgan fingerprint density at radius 3 is 2.50 bits per heavy atom. The number of sulfone groups is 1. The number of aryl methyl sites for hydroxylation is 1. The lowest BCUT2D eigenvalue weighted by molar-refractivity contribution is 0.0983. The van der Waals surface area contributed by atoms with E-state index in [1.54, 1.807) is 35.0 Å². The summed E-state index contributed by atoms with van der Waals surface area (Å²) in [6, 6.07) is 14.5. The van der Waals surface area contributed by atoms with Crippen molar-refractivity contribution in [2.45, 2.75) is 49.0 Å². The van der Waals surface area contributed by atoms with Gasteiger partial charge in [0.25, 0.3) is 5.56 Å². The second kappa shape index (κ2) is 13.5. The summed E-state index contributed by atoms with van der Waals surface area (Å²) in [7, 11) is 2.42. The number of hydrogen-bond donors (Lipinski definition) is 1. The molecule has 0 aliphatic carbocycles. The molecular weight excluding hydrogens is 604 g/mol. The lowest BCUT2D eigenvalue weighted by Gasteiger charge is -2.22. The van der Waals surface area contributed by atoms with Gasteiger partial charge < -0.3 is 24.6 Å². The van der Waals surface area contributed by atoms with Crippen LogP contribution in [-0.4, -0.2) is 98.1 Å².